The van der Waals surface area contributed by atoms with Crippen molar-refractivity contribution >= 4 is 6.08 Å². The van der Waals surface area contributed by atoms with E-state index in [0.29, 0.717) is 0 Å². The van der Waals surface area contributed by atoms with Crippen LogP contribution in [0.4, 0.5) is 0 Å². The molecule has 0 amide bonds. The number of hydrogen-bond donors (Lipinski definition) is 1. The molecule has 1 N–H and O–H groups in total. The van der Waals surface area contributed by atoms with Crippen LogP contribution in [-0.4, -0.2) is 5.11 Å². The molecule has 0 saturated heterocycles. The summed E-state index contributed by atoms with van der Waals surface area (Å²) in [6, 6.07) is 6.13. The van der Waals surface area contributed by atoms with E-state index in [0.717, 1.165) is 17.0 Å². The molecule has 0 heterocycles. The Hall–Kier alpha value is -1.08. The van der Waals surface area contributed by atoms with E-state index in [9.17, 15) is 0 Å². The minimum Gasteiger partial charge on any atom is -0.392 e. The van der Waals surface area contributed by atoms with Gasteiger partial charge in [-0.1, -0.05) is 30.9 Å². The molecule has 13 heavy (non-hydrogen) atoms. The monoisotopic (exact) mass is 174 g/mol. The van der Waals surface area contributed by atoms with Crippen molar-refractivity contribution in [3.8, 4) is 0 Å². The molecule has 68 valence electrons. The smallest absolute Gasteiger partial charge is 0.0687 e. The SMILES string of the molecule is C=Cc1c(CO)cccc1C1CC1. The van der Waals surface area contributed by atoms with Crippen molar-refractivity contribution in [2.24, 2.45) is 0 Å². The lowest BCUT2D eigenvalue weighted by Crippen LogP contribution is -1.93. The third kappa shape index (κ3) is 1.52. The van der Waals surface area contributed by atoms with Crippen molar-refractivity contribution < 1.29 is 5.11 Å². The van der Waals surface area contributed by atoms with Crippen LogP contribution in [0, 0.1) is 0 Å². The van der Waals surface area contributed by atoms with Gasteiger partial charge in [0.1, 0.15) is 0 Å². The van der Waals surface area contributed by atoms with E-state index in [1.165, 1.54) is 18.4 Å². The van der Waals surface area contributed by atoms with Gasteiger partial charge in [-0.25, -0.2) is 0 Å². The molecule has 2 rings (SSSR count). The molecule has 1 saturated carbocycles. The standard InChI is InChI=1S/C12H14O/c1-2-11-10(8-13)4-3-5-12(11)9-6-7-9/h2-5,9,13H,1,6-8H2. The molecule has 1 aromatic carbocycles. The zero-order valence-electron chi connectivity index (χ0n) is 7.66. The predicted octanol–water partition coefficient (Wildman–Crippen LogP) is 2.70. The Kier molecular flexibility index (Phi) is 2.19. The van der Waals surface area contributed by atoms with Crippen LogP contribution in [0.2, 0.25) is 0 Å². The normalized spacial score (nSPS) is 15.8. The molecule has 1 nitrogen and oxygen atoms in total. The molecule has 0 radical (unpaired) electrons. The van der Waals surface area contributed by atoms with Gasteiger partial charge in [-0.3, -0.25) is 0 Å². The zero-order valence-corrected chi connectivity index (χ0v) is 7.66. The summed E-state index contributed by atoms with van der Waals surface area (Å²) in [7, 11) is 0. The van der Waals surface area contributed by atoms with Gasteiger partial charge in [0, 0.05) is 0 Å². The van der Waals surface area contributed by atoms with Crippen LogP contribution in [-0.2, 0) is 6.61 Å². The Bertz CT molecular complexity index is 324. The molecule has 0 aromatic heterocycles. The first-order chi connectivity index (χ1) is 6.36. The van der Waals surface area contributed by atoms with Crippen molar-refractivity contribution in [2.45, 2.75) is 25.4 Å². The van der Waals surface area contributed by atoms with Crippen molar-refractivity contribution in [1.82, 2.24) is 0 Å². The Morgan fingerprint density at radius 3 is 2.77 bits per heavy atom. The van der Waals surface area contributed by atoms with Crippen LogP contribution < -0.4 is 0 Å². The van der Waals surface area contributed by atoms with Gasteiger partial charge in [0.2, 0.25) is 0 Å². The number of aliphatic hydroxyl groups is 1. The lowest BCUT2D eigenvalue weighted by molar-refractivity contribution is 0.281. The summed E-state index contributed by atoms with van der Waals surface area (Å²) in [4.78, 5) is 0. The van der Waals surface area contributed by atoms with Gasteiger partial charge >= 0.3 is 0 Å². The molecule has 1 aromatic rings. The largest absolute Gasteiger partial charge is 0.392 e. The number of aliphatic hydroxyl groups excluding tert-OH is 1. The van der Waals surface area contributed by atoms with Gasteiger partial charge < -0.3 is 5.11 Å². The van der Waals surface area contributed by atoms with Crippen LogP contribution in [0.1, 0.15) is 35.4 Å². The summed E-state index contributed by atoms with van der Waals surface area (Å²) < 4.78 is 0. The molecule has 1 heteroatoms. The number of hydrogen-bond acceptors (Lipinski definition) is 1. The van der Waals surface area contributed by atoms with Gasteiger partial charge in [0.05, 0.1) is 6.61 Å². The molecular weight excluding hydrogens is 160 g/mol. The van der Waals surface area contributed by atoms with Gasteiger partial charge in [-0.05, 0) is 35.4 Å². The fraction of sp³-hybridized carbons (Fsp3) is 0.333. The molecule has 0 bridgehead atoms. The van der Waals surface area contributed by atoms with Crippen LogP contribution in [0.25, 0.3) is 6.08 Å². The van der Waals surface area contributed by atoms with Gasteiger partial charge in [0.25, 0.3) is 0 Å². The maximum Gasteiger partial charge on any atom is 0.0687 e. The Morgan fingerprint density at radius 1 is 1.46 bits per heavy atom. The van der Waals surface area contributed by atoms with Gasteiger partial charge in [-0.15, -0.1) is 0 Å². The van der Waals surface area contributed by atoms with Gasteiger partial charge in [-0.2, -0.15) is 0 Å². The number of rotatable bonds is 3. The fourth-order valence-corrected chi connectivity index (χ4v) is 1.77. The highest BCUT2D eigenvalue weighted by molar-refractivity contribution is 5.58. The lowest BCUT2D eigenvalue weighted by Gasteiger charge is -2.08. The Morgan fingerprint density at radius 2 is 2.23 bits per heavy atom. The first kappa shape index (κ1) is 8.52. The van der Waals surface area contributed by atoms with E-state index in [-0.39, 0.29) is 6.61 Å². The van der Waals surface area contributed by atoms with Crippen LogP contribution in [0.3, 0.4) is 0 Å². The third-order valence-corrected chi connectivity index (χ3v) is 2.62. The second kappa shape index (κ2) is 3.35. The Balaban J connectivity index is 2.47. The lowest BCUT2D eigenvalue weighted by atomic mass is 9.98. The van der Waals surface area contributed by atoms with E-state index in [1.807, 2.05) is 18.2 Å². The summed E-state index contributed by atoms with van der Waals surface area (Å²) in [5, 5.41) is 9.13. The van der Waals surface area contributed by atoms with Gasteiger partial charge in [0.15, 0.2) is 0 Å². The summed E-state index contributed by atoms with van der Waals surface area (Å²) in [6.45, 7) is 3.91. The van der Waals surface area contributed by atoms with E-state index in [4.69, 9.17) is 5.11 Å². The van der Waals surface area contributed by atoms with E-state index in [2.05, 4.69) is 12.6 Å². The first-order valence-electron chi connectivity index (χ1n) is 4.72. The maximum absolute atomic E-state index is 9.13. The van der Waals surface area contributed by atoms with Crippen LogP contribution in [0.5, 0.6) is 0 Å². The van der Waals surface area contributed by atoms with E-state index in [1.54, 1.807) is 0 Å². The predicted molar refractivity (Wildman–Crippen MR) is 54.4 cm³/mol. The summed E-state index contributed by atoms with van der Waals surface area (Å²) in [5.41, 5.74) is 3.51. The van der Waals surface area contributed by atoms with Crippen molar-refractivity contribution in [2.75, 3.05) is 0 Å². The highest BCUT2D eigenvalue weighted by Gasteiger charge is 2.25. The quantitative estimate of drug-likeness (QED) is 0.747. The summed E-state index contributed by atoms with van der Waals surface area (Å²) in [5.74, 6) is 0.722. The first-order valence-corrected chi connectivity index (χ1v) is 4.72. The average molecular weight is 174 g/mol. The Labute approximate surface area is 78.7 Å². The minimum atomic E-state index is 0.113. The highest BCUT2D eigenvalue weighted by Crippen LogP contribution is 2.42. The van der Waals surface area contributed by atoms with E-state index >= 15 is 0 Å². The molecule has 0 spiro atoms. The van der Waals surface area contributed by atoms with Crippen molar-refractivity contribution in [1.29, 1.82) is 0 Å². The highest BCUT2D eigenvalue weighted by atomic mass is 16.3. The molecule has 0 unspecified atom stereocenters. The molecule has 1 aliphatic rings. The topological polar surface area (TPSA) is 20.2 Å². The van der Waals surface area contributed by atoms with Crippen LogP contribution in [0.15, 0.2) is 24.8 Å². The molecule has 0 atom stereocenters. The molecular formula is C12H14O. The van der Waals surface area contributed by atoms with Crippen molar-refractivity contribution in [3.05, 3.63) is 41.5 Å². The van der Waals surface area contributed by atoms with Crippen molar-refractivity contribution in [3.63, 3.8) is 0 Å². The van der Waals surface area contributed by atoms with Crippen LogP contribution >= 0.6 is 0 Å². The minimum absolute atomic E-state index is 0.113. The molecule has 1 aliphatic carbocycles. The number of benzene rings is 1. The second-order valence-corrected chi connectivity index (χ2v) is 3.56. The second-order valence-electron chi connectivity index (χ2n) is 3.56. The zero-order chi connectivity index (χ0) is 9.26. The molecule has 1 fully saturated rings. The third-order valence-electron chi connectivity index (χ3n) is 2.62. The summed E-state index contributed by atoms with van der Waals surface area (Å²) in [6.07, 6.45) is 4.44. The molecule has 0 aliphatic heterocycles. The average Bonchev–Trinajstić information content (AvgIpc) is 2.99. The fourth-order valence-electron chi connectivity index (χ4n) is 1.77. The summed E-state index contributed by atoms with van der Waals surface area (Å²) >= 11 is 0. The van der Waals surface area contributed by atoms with E-state index < -0.39 is 0 Å². The maximum atomic E-state index is 9.13.